The van der Waals surface area contributed by atoms with Crippen LogP contribution in [0.2, 0.25) is 0 Å². The van der Waals surface area contributed by atoms with Crippen molar-refractivity contribution >= 4 is 40.6 Å². The van der Waals surface area contributed by atoms with Gasteiger partial charge in [-0.2, -0.15) is 5.10 Å². The van der Waals surface area contributed by atoms with Crippen LogP contribution in [0.1, 0.15) is 44.6 Å². The summed E-state index contributed by atoms with van der Waals surface area (Å²) in [5.74, 6) is -0.0875. The maximum atomic E-state index is 13.7. The summed E-state index contributed by atoms with van der Waals surface area (Å²) in [5.41, 5.74) is 3.23. The molecule has 2 amide bonds. The number of aromatic nitrogens is 3. The Morgan fingerprint density at radius 3 is 2.40 bits per heavy atom. The van der Waals surface area contributed by atoms with E-state index in [0.29, 0.717) is 29.5 Å². The summed E-state index contributed by atoms with van der Waals surface area (Å²) in [6, 6.07) is 28.7. The molecule has 0 aliphatic carbocycles. The molecule has 11 heteroatoms. The summed E-state index contributed by atoms with van der Waals surface area (Å²) in [4.78, 5) is 27.3. The first-order valence-electron chi connectivity index (χ1n) is 13.7. The van der Waals surface area contributed by atoms with Gasteiger partial charge in [0.1, 0.15) is 5.82 Å². The Hall–Kier alpha value is -4.61. The predicted molar refractivity (Wildman–Crippen MR) is 165 cm³/mol. The van der Waals surface area contributed by atoms with Crippen molar-refractivity contribution < 1.29 is 14.0 Å². The van der Waals surface area contributed by atoms with Crippen LogP contribution in [-0.2, 0) is 17.9 Å². The zero-order chi connectivity index (χ0) is 29.6. The topological polar surface area (TPSA) is 92.5 Å². The van der Waals surface area contributed by atoms with Crippen molar-refractivity contribution in [1.82, 2.24) is 25.1 Å². The quantitative estimate of drug-likeness (QED) is 0.198. The number of nitrogens with zero attached hydrogens (tertiary/aromatic N) is 5. The number of hydrogen-bond donors (Lipinski definition) is 1. The lowest BCUT2D eigenvalue weighted by Gasteiger charge is -2.22. The molecule has 3 heterocycles. The zero-order valence-electron chi connectivity index (χ0n) is 23.0. The van der Waals surface area contributed by atoms with Crippen LogP contribution in [0.15, 0.2) is 113 Å². The summed E-state index contributed by atoms with van der Waals surface area (Å²) in [7, 11) is 0. The normalized spacial score (nSPS) is 14.5. The highest BCUT2D eigenvalue weighted by Crippen LogP contribution is 2.34. The summed E-state index contributed by atoms with van der Waals surface area (Å²) in [5, 5.41) is 20.4. The van der Waals surface area contributed by atoms with E-state index in [0.717, 1.165) is 21.7 Å². The van der Waals surface area contributed by atoms with Crippen molar-refractivity contribution in [3.8, 4) is 0 Å². The van der Waals surface area contributed by atoms with Gasteiger partial charge in [0, 0.05) is 12.0 Å². The van der Waals surface area contributed by atoms with Crippen LogP contribution in [-0.4, -0.2) is 43.1 Å². The van der Waals surface area contributed by atoms with E-state index < -0.39 is 0 Å². The van der Waals surface area contributed by atoms with Crippen molar-refractivity contribution in [3.63, 3.8) is 0 Å². The van der Waals surface area contributed by atoms with Crippen molar-refractivity contribution in [2.75, 3.05) is 5.75 Å². The predicted octanol–water partition coefficient (Wildman–Crippen LogP) is 5.93. The molecule has 5 aromatic rings. The molecule has 1 unspecified atom stereocenters. The van der Waals surface area contributed by atoms with Crippen LogP contribution in [0.4, 0.5) is 4.39 Å². The fourth-order valence-electron chi connectivity index (χ4n) is 4.80. The molecule has 43 heavy (non-hydrogen) atoms. The number of halogens is 1. The molecular formula is C32H27FN6O2S2. The number of thiophene rings is 1. The number of carbonyl (C=O) groups excluding carboxylic acids is 2. The van der Waals surface area contributed by atoms with Gasteiger partial charge < -0.3 is 9.88 Å². The lowest BCUT2D eigenvalue weighted by molar-refractivity contribution is -0.130. The minimum Gasteiger partial charge on any atom is -0.345 e. The number of hydrogen-bond acceptors (Lipinski definition) is 7. The number of thioether (sulfide) groups is 1. The van der Waals surface area contributed by atoms with Gasteiger partial charge in [-0.3, -0.25) is 9.59 Å². The smallest absolute Gasteiger partial charge is 0.253 e. The monoisotopic (exact) mass is 610 g/mol. The molecule has 0 radical (unpaired) electrons. The van der Waals surface area contributed by atoms with Gasteiger partial charge >= 0.3 is 0 Å². The minimum absolute atomic E-state index is 0.0716. The average molecular weight is 611 g/mol. The Morgan fingerprint density at radius 2 is 1.67 bits per heavy atom. The van der Waals surface area contributed by atoms with Crippen LogP contribution in [0.5, 0.6) is 0 Å². The average Bonchev–Trinajstić information content (AvgIpc) is 3.81. The minimum atomic E-state index is -0.336. The number of nitrogens with one attached hydrogen (secondary N) is 1. The van der Waals surface area contributed by atoms with Gasteiger partial charge in [-0.1, -0.05) is 78.5 Å². The van der Waals surface area contributed by atoms with E-state index in [1.165, 1.54) is 28.9 Å². The summed E-state index contributed by atoms with van der Waals surface area (Å²) in [6.45, 7) is 0.652. The molecule has 0 saturated heterocycles. The van der Waals surface area contributed by atoms with Crippen molar-refractivity contribution in [3.05, 3.63) is 136 Å². The standard InChI is InChI=1S/C32H27FN6O2S2/c33-25-15-13-23(14-16-25)27-18-26(28-12-7-17-42-28)37-39(27)30(40)21-43-32-36-35-29(38(32)20-22-8-3-1-4-9-22)19-34-31(41)24-10-5-2-6-11-24/h1-17,27H,18-21H2,(H,34,41). The Morgan fingerprint density at radius 1 is 0.930 bits per heavy atom. The molecule has 216 valence electrons. The van der Waals surface area contributed by atoms with Crippen LogP contribution in [0.25, 0.3) is 0 Å². The first kappa shape index (κ1) is 28.5. The third kappa shape index (κ3) is 6.73. The maximum Gasteiger partial charge on any atom is 0.253 e. The summed E-state index contributed by atoms with van der Waals surface area (Å²) >= 11 is 2.84. The molecule has 6 rings (SSSR count). The second-order valence-corrected chi connectivity index (χ2v) is 11.7. The zero-order valence-corrected chi connectivity index (χ0v) is 24.6. The van der Waals surface area contributed by atoms with E-state index in [1.807, 2.05) is 70.6 Å². The molecule has 8 nitrogen and oxygen atoms in total. The van der Waals surface area contributed by atoms with Gasteiger partial charge in [0.05, 0.1) is 35.5 Å². The van der Waals surface area contributed by atoms with Crippen molar-refractivity contribution in [2.24, 2.45) is 5.10 Å². The molecule has 3 aromatic carbocycles. The number of rotatable bonds is 10. The van der Waals surface area contributed by atoms with E-state index in [1.54, 1.807) is 35.6 Å². The fourth-order valence-corrected chi connectivity index (χ4v) is 6.33. The van der Waals surface area contributed by atoms with E-state index in [2.05, 4.69) is 15.5 Å². The van der Waals surface area contributed by atoms with Gasteiger partial charge in [0.2, 0.25) is 0 Å². The summed E-state index contributed by atoms with van der Waals surface area (Å²) < 4.78 is 15.6. The van der Waals surface area contributed by atoms with E-state index in [4.69, 9.17) is 5.10 Å². The van der Waals surface area contributed by atoms with Crippen molar-refractivity contribution in [1.29, 1.82) is 0 Å². The lowest BCUT2D eigenvalue weighted by atomic mass is 10.0. The van der Waals surface area contributed by atoms with E-state index in [-0.39, 0.29) is 36.0 Å². The maximum absolute atomic E-state index is 13.7. The number of carbonyl (C=O) groups is 2. The Kier molecular flexibility index (Phi) is 8.71. The molecule has 1 N–H and O–H groups in total. The third-order valence-electron chi connectivity index (χ3n) is 6.97. The van der Waals surface area contributed by atoms with E-state index in [9.17, 15) is 14.0 Å². The molecule has 0 spiro atoms. The van der Waals surface area contributed by atoms with Crippen LogP contribution in [0.3, 0.4) is 0 Å². The summed E-state index contributed by atoms with van der Waals surface area (Å²) in [6.07, 6.45) is 0.540. The van der Waals surface area contributed by atoms with E-state index >= 15 is 0 Å². The third-order valence-corrected chi connectivity index (χ3v) is 8.84. The first-order valence-corrected chi connectivity index (χ1v) is 15.5. The fraction of sp³-hybridized carbons (Fsp3) is 0.156. The van der Waals surface area contributed by atoms with Gasteiger partial charge in [0.15, 0.2) is 11.0 Å². The van der Waals surface area contributed by atoms with Crippen LogP contribution < -0.4 is 5.32 Å². The number of hydrazone groups is 1. The second-order valence-electron chi connectivity index (χ2n) is 9.84. The number of benzene rings is 3. The second kappa shape index (κ2) is 13.1. The molecule has 0 bridgehead atoms. The van der Waals surface area contributed by atoms with Gasteiger partial charge in [0.25, 0.3) is 11.8 Å². The molecule has 0 fully saturated rings. The molecule has 1 atom stereocenters. The van der Waals surface area contributed by atoms with Gasteiger partial charge in [-0.15, -0.1) is 21.5 Å². The molecular weight excluding hydrogens is 584 g/mol. The SMILES string of the molecule is O=C(NCc1nnc(SCC(=O)N2N=C(c3cccs3)CC2c2ccc(F)cc2)n1Cc1ccccc1)c1ccccc1. The Labute approximate surface area is 256 Å². The first-order chi connectivity index (χ1) is 21.0. The highest BCUT2D eigenvalue weighted by atomic mass is 32.2. The van der Waals surface area contributed by atoms with Crippen molar-refractivity contribution in [2.45, 2.75) is 30.7 Å². The molecule has 1 aliphatic heterocycles. The highest BCUT2D eigenvalue weighted by Gasteiger charge is 2.33. The lowest BCUT2D eigenvalue weighted by Crippen LogP contribution is -2.28. The Balaban J connectivity index is 1.21. The molecule has 1 aliphatic rings. The largest absolute Gasteiger partial charge is 0.345 e. The van der Waals surface area contributed by atoms with Gasteiger partial charge in [-0.25, -0.2) is 9.40 Å². The highest BCUT2D eigenvalue weighted by molar-refractivity contribution is 7.99. The number of amides is 2. The Bertz CT molecular complexity index is 1730. The van der Waals surface area contributed by atoms with Crippen LogP contribution in [0, 0.1) is 5.82 Å². The van der Waals surface area contributed by atoms with Crippen LogP contribution >= 0.6 is 23.1 Å². The van der Waals surface area contributed by atoms with Gasteiger partial charge in [-0.05, 0) is 46.8 Å². The molecule has 2 aromatic heterocycles. The molecule has 0 saturated carbocycles.